The molecular weight excluding hydrogens is 251 g/mol. The Balaban J connectivity index is 1.98. The van der Waals surface area contributed by atoms with E-state index >= 15 is 0 Å². The molecular formula is C8H15IN2. The lowest BCUT2D eigenvalue weighted by molar-refractivity contribution is 0.222. The fourth-order valence-electron chi connectivity index (χ4n) is 2.25. The van der Waals surface area contributed by atoms with Crippen molar-refractivity contribution in [2.75, 3.05) is 26.2 Å². The average Bonchev–Trinajstić information content (AvgIpc) is 2.34. The zero-order valence-corrected chi connectivity index (χ0v) is 8.93. The van der Waals surface area contributed by atoms with Crippen LogP contribution in [0.2, 0.25) is 0 Å². The van der Waals surface area contributed by atoms with E-state index in [0.29, 0.717) is 5.41 Å². The van der Waals surface area contributed by atoms with E-state index in [4.69, 9.17) is 0 Å². The first-order valence-corrected chi connectivity index (χ1v) is 5.39. The summed E-state index contributed by atoms with van der Waals surface area (Å²) in [5, 5.41) is 3.43. The monoisotopic (exact) mass is 266 g/mol. The van der Waals surface area contributed by atoms with Gasteiger partial charge in [0, 0.05) is 36.0 Å². The van der Waals surface area contributed by atoms with Crippen LogP contribution in [0.15, 0.2) is 0 Å². The highest BCUT2D eigenvalue weighted by Crippen LogP contribution is 2.39. The molecule has 2 saturated heterocycles. The molecule has 0 amide bonds. The van der Waals surface area contributed by atoms with Gasteiger partial charge in [0.05, 0.1) is 0 Å². The molecule has 0 radical (unpaired) electrons. The summed E-state index contributed by atoms with van der Waals surface area (Å²) in [5.41, 5.74) is 0.701. The highest BCUT2D eigenvalue weighted by Gasteiger charge is 2.37. The highest BCUT2D eigenvalue weighted by molar-refractivity contribution is 14.1. The Labute approximate surface area is 82.2 Å². The van der Waals surface area contributed by atoms with E-state index < -0.39 is 0 Å². The zero-order valence-electron chi connectivity index (χ0n) is 6.77. The molecule has 0 unspecified atom stereocenters. The SMILES string of the molecule is IN1CCC2(CCNCC2)C1. The van der Waals surface area contributed by atoms with E-state index in [1.165, 1.54) is 45.4 Å². The molecule has 3 heteroatoms. The van der Waals surface area contributed by atoms with Gasteiger partial charge in [-0.15, -0.1) is 0 Å². The molecule has 0 bridgehead atoms. The van der Waals surface area contributed by atoms with Crippen LogP contribution in [0.25, 0.3) is 0 Å². The molecule has 2 aliphatic heterocycles. The van der Waals surface area contributed by atoms with Crippen LogP contribution in [-0.2, 0) is 0 Å². The Kier molecular flexibility index (Phi) is 2.39. The van der Waals surface area contributed by atoms with Gasteiger partial charge in [0.15, 0.2) is 0 Å². The van der Waals surface area contributed by atoms with Crippen molar-refractivity contribution in [1.82, 2.24) is 8.43 Å². The number of nitrogens with zero attached hydrogens (tertiary/aromatic N) is 1. The number of hydrogen-bond donors (Lipinski definition) is 1. The summed E-state index contributed by atoms with van der Waals surface area (Å²) in [4.78, 5) is 0. The molecule has 1 N–H and O–H groups in total. The van der Waals surface area contributed by atoms with Crippen LogP contribution < -0.4 is 5.32 Å². The van der Waals surface area contributed by atoms with Gasteiger partial charge in [-0.2, -0.15) is 0 Å². The van der Waals surface area contributed by atoms with Crippen LogP contribution in [-0.4, -0.2) is 29.3 Å². The molecule has 0 aliphatic carbocycles. The first kappa shape index (κ1) is 8.26. The molecule has 0 atom stereocenters. The van der Waals surface area contributed by atoms with E-state index in [9.17, 15) is 0 Å². The number of nitrogens with one attached hydrogen (secondary N) is 1. The van der Waals surface area contributed by atoms with Gasteiger partial charge < -0.3 is 5.32 Å². The van der Waals surface area contributed by atoms with Crippen LogP contribution in [0.4, 0.5) is 0 Å². The minimum atomic E-state index is 0.701. The predicted molar refractivity (Wildman–Crippen MR) is 54.7 cm³/mol. The van der Waals surface area contributed by atoms with E-state index in [1.807, 2.05) is 0 Å². The van der Waals surface area contributed by atoms with Crippen LogP contribution in [0.3, 0.4) is 0 Å². The van der Waals surface area contributed by atoms with Crippen molar-refractivity contribution >= 4 is 22.9 Å². The molecule has 0 aromatic rings. The van der Waals surface area contributed by atoms with Gasteiger partial charge in [-0.25, -0.2) is 3.11 Å². The van der Waals surface area contributed by atoms with Crippen molar-refractivity contribution in [3.63, 3.8) is 0 Å². The van der Waals surface area contributed by atoms with Crippen molar-refractivity contribution in [3.05, 3.63) is 0 Å². The molecule has 2 nitrogen and oxygen atoms in total. The van der Waals surface area contributed by atoms with Gasteiger partial charge in [0.25, 0.3) is 0 Å². The van der Waals surface area contributed by atoms with Crippen LogP contribution in [0.5, 0.6) is 0 Å². The summed E-state index contributed by atoms with van der Waals surface area (Å²) in [6.45, 7) is 5.12. The Morgan fingerprint density at radius 3 is 2.45 bits per heavy atom. The molecule has 2 aliphatic rings. The first-order valence-electron chi connectivity index (χ1n) is 4.42. The molecule has 0 aromatic carbocycles. The quantitative estimate of drug-likeness (QED) is 0.527. The van der Waals surface area contributed by atoms with Gasteiger partial charge in [0.1, 0.15) is 0 Å². The summed E-state index contributed by atoms with van der Waals surface area (Å²) in [5.74, 6) is 0. The van der Waals surface area contributed by atoms with Crippen molar-refractivity contribution in [3.8, 4) is 0 Å². The molecule has 2 fully saturated rings. The average molecular weight is 266 g/mol. The molecule has 11 heavy (non-hydrogen) atoms. The lowest BCUT2D eigenvalue weighted by Gasteiger charge is -2.33. The van der Waals surface area contributed by atoms with Gasteiger partial charge in [-0.05, 0) is 37.8 Å². The molecule has 2 heterocycles. The molecule has 1 spiro atoms. The molecule has 0 aromatic heterocycles. The maximum atomic E-state index is 3.43. The normalized spacial score (nSPS) is 31.4. The summed E-state index contributed by atoms with van der Waals surface area (Å²) in [7, 11) is 0. The summed E-state index contributed by atoms with van der Waals surface area (Å²) >= 11 is 2.46. The highest BCUT2D eigenvalue weighted by atomic mass is 127. The van der Waals surface area contributed by atoms with Crippen LogP contribution >= 0.6 is 22.9 Å². The van der Waals surface area contributed by atoms with E-state index in [-0.39, 0.29) is 0 Å². The van der Waals surface area contributed by atoms with E-state index in [0.717, 1.165) is 0 Å². The molecule has 2 rings (SSSR count). The largest absolute Gasteiger partial charge is 0.317 e. The fourth-order valence-corrected chi connectivity index (χ4v) is 3.21. The van der Waals surface area contributed by atoms with E-state index in [2.05, 4.69) is 31.3 Å². The molecule has 64 valence electrons. The Morgan fingerprint density at radius 1 is 1.18 bits per heavy atom. The minimum Gasteiger partial charge on any atom is -0.317 e. The first-order chi connectivity index (χ1) is 5.31. The second-order valence-corrected chi connectivity index (χ2v) is 5.21. The van der Waals surface area contributed by atoms with E-state index in [1.54, 1.807) is 0 Å². The van der Waals surface area contributed by atoms with Crippen LogP contribution in [0.1, 0.15) is 19.3 Å². The summed E-state index contributed by atoms with van der Waals surface area (Å²) in [6, 6.07) is 0. The minimum absolute atomic E-state index is 0.701. The zero-order chi connectivity index (χ0) is 7.73. The third kappa shape index (κ3) is 1.70. The van der Waals surface area contributed by atoms with Crippen molar-refractivity contribution < 1.29 is 0 Å². The molecule has 0 saturated carbocycles. The van der Waals surface area contributed by atoms with Gasteiger partial charge in [-0.1, -0.05) is 0 Å². The lowest BCUT2D eigenvalue weighted by atomic mass is 9.78. The van der Waals surface area contributed by atoms with Crippen LogP contribution in [0, 0.1) is 5.41 Å². The topological polar surface area (TPSA) is 15.3 Å². The number of halogens is 1. The number of hydrogen-bond acceptors (Lipinski definition) is 2. The van der Waals surface area contributed by atoms with Gasteiger partial charge in [-0.3, -0.25) is 0 Å². The van der Waals surface area contributed by atoms with Crippen molar-refractivity contribution in [2.45, 2.75) is 19.3 Å². The summed E-state index contributed by atoms with van der Waals surface area (Å²) < 4.78 is 2.45. The number of piperidine rings is 1. The predicted octanol–water partition coefficient (Wildman–Crippen LogP) is 1.41. The lowest BCUT2D eigenvalue weighted by Crippen LogP contribution is -2.37. The maximum Gasteiger partial charge on any atom is 0.0201 e. The van der Waals surface area contributed by atoms with Crippen molar-refractivity contribution in [1.29, 1.82) is 0 Å². The Hall–Kier alpha value is 0.650. The van der Waals surface area contributed by atoms with Crippen molar-refractivity contribution in [2.24, 2.45) is 5.41 Å². The fraction of sp³-hybridized carbons (Fsp3) is 1.00. The smallest absolute Gasteiger partial charge is 0.0201 e. The standard InChI is InChI=1S/C8H15IN2/c9-11-6-3-8(7-11)1-4-10-5-2-8/h10H,1-7H2. The van der Waals surface area contributed by atoms with Gasteiger partial charge in [0.2, 0.25) is 0 Å². The Bertz CT molecular complexity index is 138. The maximum absolute atomic E-state index is 3.43. The number of rotatable bonds is 0. The third-order valence-electron chi connectivity index (χ3n) is 3.06. The summed E-state index contributed by atoms with van der Waals surface area (Å²) in [6.07, 6.45) is 4.22. The second kappa shape index (κ2) is 3.18. The Morgan fingerprint density at radius 2 is 1.91 bits per heavy atom. The van der Waals surface area contributed by atoms with Gasteiger partial charge >= 0.3 is 0 Å². The third-order valence-corrected chi connectivity index (χ3v) is 3.88. The second-order valence-electron chi connectivity index (χ2n) is 3.84.